The molecule has 2 saturated carbocycles. The molecule has 2 heterocycles. The molecule has 0 aromatic rings. The number of hydrogen-bond acceptors (Lipinski definition) is 3. The molecule has 2 aliphatic carbocycles. The van der Waals surface area contributed by atoms with Crippen molar-refractivity contribution in [2.45, 2.75) is 58.3 Å². The van der Waals surface area contributed by atoms with Crippen LogP contribution in [0.15, 0.2) is 0 Å². The third-order valence-corrected chi connectivity index (χ3v) is 6.27. The highest BCUT2D eigenvalue weighted by atomic mass is 16.6. The summed E-state index contributed by atoms with van der Waals surface area (Å²) in [5, 5.41) is 0. The number of fused-ring (bicyclic) bond motifs is 4. The number of ether oxygens (including phenoxy) is 2. The van der Waals surface area contributed by atoms with Gasteiger partial charge in [-0.1, -0.05) is 20.8 Å². The van der Waals surface area contributed by atoms with E-state index in [0.29, 0.717) is 35.4 Å². The number of rotatable bonds is 0. The minimum absolute atomic E-state index is 0.0280. The van der Waals surface area contributed by atoms with Gasteiger partial charge in [-0.15, -0.1) is 0 Å². The molecule has 0 N–H and O–H groups in total. The molecule has 4 rings (SSSR count). The molecule has 0 spiro atoms. The second kappa shape index (κ2) is 3.30. The van der Waals surface area contributed by atoms with E-state index in [0.717, 1.165) is 6.42 Å². The first-order chi connectivity index (χ1) is 8.51. The fourth-order valence-corrected chi connectivity index (χ4v) is 5.22. The zero-order valence-corrected chi connectivity index (χ0v) is 11.4. The molecule has 0 aromatic heterocycles. The molecule has 2 aliphatic heterocycles. The van der Waals surface area contributed by atoms with Crippen LogP contribution in [-0.4, -0.2) is 24.3 Å². The molecule has 3 nitrogen and oxygen atoms in total. The number of esters is 1. The van der Waals surface area contributed by atoms with Crippen molar-refractivity contribution in [3.05, 3.63) is 0 Å². The van der Waals surface area contributed by atoms with Crippen LogP contribution in [0.2, 0.25) is 0 Å². The highest BCUT2D eigenvalue weighted by Crippen LogP contribution is 2.61. The summed E-state index contributed by atoms with van der Waals surface area (Å²) in [6, 6.07) is 0. The molecule has 0 amide bonds. The van der Waals surface area contributed by atoms with Crippen molar-refractivity contribution >= 4 is 5.97 Å². The van der Waals surface area contributed by atoms with Crippen molar-refractivity contribution in [2.75, 3.05) is 0 Å². The third kappa shape index (κ3) is 1.26. The smallest absolute Gasteiger partial charge is 0.309 e. The molecule has 18 heavy (non-hydrogen) atoms. The molecule has 8 atom stereocenters. The van der Waals surface area contributed by atoms with Gasteiger partial charge in [0.25, 0.3) is 0 Å². The van der Waals surface area contributed by atoms with E-state index in [2.05, 4.69) is 13.8 Å². The van der Waals surface area contributed by atoms with Gasteiger partial charge in [-0.25, -0.2) is 0 Å². The summed E-state index contributed by atoms with van der Waals surface area (Å²) >= 11 is 0. The molecule has 4 fully saturated rings. The van der Waals surface area contributed by atoms with Gasteiger partial charge in [-0.3, -0.25) is 4.79 Å². The normalized spacial score (nSPS) is 61.5. The van der Waals surface area contributed by atoms with E-state index >= 15 is 0 Å². The largest absolute Gasteiger partial charge is 0.462 e. The molecule has 0 bridgehead atoms. The Morgan fingerprint density at radius 1 is 1.28 bits per heavy atom. The Kier molecular flexibility index (Phi) is 2.07. The summed E-state index contributed by atoms with van der Waals surface area (Å²) in [5.41, 5.74) is 0.322. The van der Waals surface area contributed by atoms with E-state index in [9.17, 15) is 4.79 Å². The molecule has 100 valence electrons. The second-order valence-corrected chi connectivity index (χ2v) is 7.27. The zero-order valence-electron chi connectivity index (χ0n) is 11.4. The van der Waals surface area contributed by atoms with E-state index in [1.807, 2.05) is 6.92 Å². The average Bonchev–Trinajstić information content (AvgIpc) is 3.01. The number of carbonyl (C=O) groups is 1. The summed E-state index contributed by atoms with van der Waals surface area (Å²) in [6.45, 7) is 6.73. The molecule has 2 saturated heterocycles. The maximum Gasteiger partial charge on any atom is 0.309 e. The quantitative estimate of drug-likeness (QED) is 0.489. The van der Waals surface area contributed by atoms with Crippen LogP contribution in [0.3, 0.4) is 0 Å². The Bertz CT molecular complexity index is 407. The van der Waals surface area contributed by atoms with Crippen molar-refractivity contribution in [3.63, 3.8) is 0 Å². The lowest BCUT2D eigenvalue weighted by atomic mass is 9.53. The molecular weight excluding hydrogens is 228 g/mol. The van der Waals surface area contributed by atoms with Gasteiger partial charge in [0.2, 0.25) is 0 Å². The summed E-state index contributed by atoms with van der Waals surface area (Å²) in [6.07, 6.45) is 4.64. The van der Waals surface area contributed by atoms with Crippen LogP contribution in [0.25, 0.3) is 0 Å². The first kappa shape index (κ1) is 11.3. The van der Waals surface area contributed by atoms with Crippen molar-refractivity contribution in [2.24, 2.45) is 29.1 Å². The minimum Gasteiger partial charge on any atom is -0.462 e. The van der Waals surface area contributed by atoms with Gasteiger partial charge in [0.05, 0.1) is 18.1 Å². The Hall–Kier alpha value is -0.570. The third-order valence-electron chi connectivity index (χ3n) is 6.27. The predicted molar refractivity (Wildman–Crippen MR) is 65.8 cm³/mol. The van der Waals surface area contributed by atoms with E-state index in [1.165, 1.54) is 12.8 Å². The number of hydrogen-bond donors (Lipinski definition) is 0. The maximum absolute atomic E-state index is 11.9. The fourth-order valence-electron chi connectivity index (χ4n) is 5.22. The Balaban J connectivity index is 1.70. The van der Waals surface area contributed by atoms with Gasteiger partial charge in [-0.2, -0.15) is 0 Å². The lowest BCUT2D eigenvalue weighted by Crippen LogP contribution is -2.51. The lowest BCUT2D eigenvalue weighted by Gasteiger charge is -2.51. The lowest BCUT2D eigenvalue weighted by molar-refractivity contribution is -0.152. The SMILES string of the molecule is C[C@@H]1[C@@H]2O[C@@H]2C[C@]2(C)CC[C@@H]3[C@H](OC(=O)[C@H]3C)[C@@H]12. The fraction of sp³-hybridized carbons (Fsp3) is 0.933. The first-order valence-corrected chi connectivity index (χ1v) is 7.37. The molecule has 0 aromatic carbocycles. The van der Waals surface area contributed by atoms with Gasteiger partial charge in [0, 0.05) is 11.8 Å². The van der Waals surface area contributed by atoms with Crippen molar-refractivity contribution in [1.29, 1.82) is 0 Å². The topological polar surface area (TPSA) is 38.8 Å². The molecular formula is C15H22O3. The molecule has 3 heteroatoms. The average molecular weight is 250 g/mol. The number of carbonyl (C=O) groups excluding carboxylic acids is 1. The Morgan fingerprint density at radius 2 is 2.06 bits per heavy atom. The first-order valence-electron chi connectivity index (χ1n) is 7.37. The Labute approximate surface area is 108 Å². The van der Waals surface area contributed by atoms with E-state index in [4.69, 9.17) is 9.47 Å². The highest BCUT2D eigenvalue weighted by molar-refractivity contribution is 5.75. The van der Waals surface area contributed by atoms with Crippen molar-refractivity contribution in [3.8, 4) is 0 Å². The zero-order chi connectivity index (χ0) is 12.7. The summed E-state index contributed by atoms with van der Waals surface area (Å²) in [4.78, 5) is 11.9. The standard InChI is InChI=1S/C15H22O3/c1-7-9-4-5-15(3)6-10-12(17-10)8(2)11(15)13(9)18-14(7)16/h7-13H,4-6H2,1-3H3/t7-,8-,9-,10+,11+,12-,13-,15-/m0/s1. The maximum atomic E-state index is 11.9. The summed E-state index contributed by atoms with van der Waals surface area (Å²) < 4.78 is 11.6. The van der Waals surface area contributed by atoms with Crippen LogP contribution < -0.4 is 0 Å². The van der Waals surface area contributed by atoms with E-state index in [1.54, 1.807) is 0 Å². The van der Waals surface area contributed by atoms with Crippen LogP contribution in [0, 0.1) is 29.1 Å². The van der Waals surface area contributed by atoms with Crippen LogP contribution in [0.1, 0.15) is 40.0 Å². The molecule has 0 unspecified atom stereocenters. The van der Waals surface area contributed by atoms with Gasteiger partial charge < -0.3 is 9.47 Å². The minimum atomic E-state index is 0.0280. The van der Waals surface area contributed by atoms with Gasteiger partial charge in [-0.05, 0) is 30.6 Å². The van der Waals surface area contributed by atoms with Crippen molar-refractivity contribution < 1.29 is 14.3 Å². The van der Waals surface area contributed by atoms with Crippen LogP contribution in [-0.2, 0) is 14.3 Å². The van der Waals surface area contributed by atoms with Crippen LogP contribution in [0.4, 0.5) is 0 Å². The van der Waals surface area contributed by atoms with Gasteiger partial charge in [0.15, 0.2) is 0 Å². The summed E-state index contributed by atoms with van der Waals surface area (Å²) in [5.74, 6) is 1.63. The predicted octanol–water partition coefficient (Wildman–Crippen LogP) is 2.39. The van der Waals surface area contributed by atoms with Gasteiger partial charge in [0.1, 0.15) is 6.10 Å². The van der Waals surface area contributed by atoms with Gasteiger partial charge >= 0.3 is 5.97 Å². The van der Waals surface area contributed by atoms with E-state index in [-0.39, 0.29) is 18.0 Å². The summed E-state index contributed by atoms with van der Waals surface area (Å²) in [7, 11) is 0. The van der Waals surface area contributed by atoms with Crippen LogP contribution in [0.5, 0.6) is 0 Å². The van der Waals surface area contributed by atoms with Crippen molar-refractivity contribution in [1.82, 2.24) is 0 Å². The number of epoxide rings is 1. The highest BCUT2D eigenvalue weighted by Gasteiger charge is 2.64. The second-order valence-electron chi connectivity index (χ2n) is 7.27. The van der Waals surface area contributed by atoms with Crippen LogP contribution >= 0.6 is 0 Å². The molecule has 4 aliphatic rings. The van der Waals surface area contributed by atoms with E-state index < -0.39 is 0 Å². The Morgan fingerprint density at radius 3 is 2.83 bits per heavy atom. The molecule has 0 radical (unpaired) electrons. The monoisotopic (exact) mass is 250 g/mol.